The van der Waals surface area contributed by atoms with E-state index in [0.717, 1.165) is 12.1 Å². The molecule has 2 aliphatic rings. The maximum absolute atomic E-state index is 12.8. The van der Waals surface area contributed by atoms with E-state index < -0.39 is 42.2 Å². The number of benzene rings is 2. The smallest absolute Gasteiger partial charge is 0.416 e. The van der Waals surface area contributed by atoms with Gasteiger partial charge in [-0.25, -0.2) is 4.79 Å². The zero-order valence-electron chi connectivity index (χ0n) is 17.2. The molecular weight excluding hydrogens is 445 g/mol. The van der Waals surface area contributed by atoms with Gasteiger partial charge in [-0.3, -0.25) is 10.1 Å². The van der Waals surface area contributed by atoms with Gasteiger partial charge < -0.3 is 24.3 Å². The van der Waals surface area contributed by atoms with Crippen molar-refractivity contribution in [2.45, 2.75) is 30.5 Å². The number of nitrogens with one attached hydrogen (secondary N) is 2. The summed E-state index contributed by atoms with van der Waals surface area (Å²) in [4.78, 5) is 24.4. The molecule has 33 heavy (non-hydrogen) atoms. The first kappa shape index (κ1) is 22.9. The second kappa shape index (κ2) is 9.67. The number of fused-ring (bicyclic) bond motifs is 1. The predicted molar refractivity (Wildman–Crippen MR) is 109 cm³/mol. The van der Waals surface area contributed by atoms with Crippen LogP contribution in [-0.4, -0.2) is 56.2 Å². The van der Waals surface area contributed by atoms with Crippen molar-refractivity contribution in [3.05, 3.63) is 60.2 Å². The monoisotopic (exact) mass is 466 g/mol. The molecule has 176 valence electrons. The van der Waals surface area contributed by atoms with E-state index in [-0.39, 0.29) is 31.4 Å². The van der Waals surface area contributed by atoms with Gasteiger partial charge in [-0.15, -0.1) is 0 Å². The van der Waals surface area contributed by atoms with Gasteiger partial charge in [-0.2, -0.15) is 13.2 Å². The van der Waals surface area contributed by atoms with Crippen molar-refractivity contribution in [3.8, 4) is 5.75 Å². The van der Waals surface area contributed by atoms with E-state index in [1.807, 2.05) is 6.07 Å². The van der Waals surface area contributed by atoms with Crippen LogP contribution in [0.3, 0.4) is 0 Å². The largest absolute Gasteiger partial charge is 0.484 e. The van der Waals surface area contributed by atoms with Gasteiger partial charge in [0.15, 0.2) is 12.7 Å². The third kappa shape index (κ3) is 5.74. The van der Waals surface area contributed by atoms with Gasteiger partial charge in [-0.1, -0.05) is 24.3 Å². The van der Waals surface area contributed by atoms with Crippen molar-refractivity contribution < 1.29 is 41.7 Å². The molecule has 2 N–H and O–H groups in total. The summed E-state index contributed by atoms with van der Waals surface area (Å²) >= 11 is 0. The number of para-hydroxylation sites is 1. The summed E-state index contributed by atoms with van der Waals surface area (Å²) in [6, 6.07) is 12.6. The van der Waals surface area contributed by atoms with E-state index in [1.54, 1.807) is 24.3 Å². The molecule has 2 amide bonds. The van der Waals surface area contributed by atoms with E-state index in [0.29, 0.717) is 5.75 Å². The van der Waals surface area contributed by atoms with Crippen LogP contribution >= 0.6 is 0 Å². The number of anilines is 1. The summed E-state index contributed by atoms with van der Waals surface area (Å²) in [7, 11) is 0. The molecule has 2 fully saturated rings. The Morgan fingerprint density at radius 2 is 1.76 bits per heavy atom. The highest BCUT2D eigenvalue weighted by molar-refractivity contribution is 5.84. The normalized spacial score (nSPS) is 24.1. The van der Waals surface area contributed by atoms with Crippen LogP contribution in [0.4, 0.5) is 23.7 Å². The summed E-state index contributed by atoms with van der Waals surface area (Å²) in [5.41, 5.74) is -0.945. The molecule has 0 saturated carbocycles. The molecule has 0 aromatic heterocycles. The van der Waals surface area contributed by atoms with E-state index >= 15 is 0 Å². The van der Waals surface area contributed by atoms with Crippen LogP contribution in [0.15, 0.2) is 54.6 Å². The minimum Gasteiger partial charge on any atom is -0.484 e. The third-order valence-corrected chi connectivity index (χ3v) is 5.16. The third-order valence-electron chi connectivity index (χ3n) is 5.16. The number of rotatable bonds is 6. The van der Waals surface area contributed by atoms with Crippen LogP contribution in [0.5, 0.6) is 5.75 Å². The van der Waals surface area contributed by atoms with Crippen molar-refractivity contribution in [2.24, 2.45) is 0 Å². The Hall–Kier alpha value is -3.31. The molecule has 11 heteroatoms. The quantitative estimate of drug-likeness (QED) is 0.680. The number of carbonyl (C=O) groups is 2. The summed E-state index contributed by atoms with van der Waals surface area (Å²) in [5, 5.41) is 5.06. The number of carbonyl (C=O) groups excluding carboxylic acids is 2. The molecule has 0 spiro atoms. The average Bonchev–Trinajstić information content (AvgIpc) is 3.36. The van der Waals surface area contributed by atoms with Crippen molar-refractivity contribution in [1.82, 2.24) is 5.32 Å². The molecule has 2 aromatic carbocycles. The van der Waals surface area contributed by atoms with E-state index in [1.165, 1.54) is 12.1 Å². The SMILES string of the molecule is O=C(COc1ccccc1)NC1COC2C(OC(=O)Nc3cccc(C(F)(F)F)c3)COC12. The van der Waals surface area contributed by atoms with Crippen LogP contribution in [0.25, 0.3) is 0 Å². The average molecular weight is 466 g/mol. The molecule has 2 saturated heterocycles. The Morgan fingerprint density at radius 3 is 2.52 bits per heavy atom. The van der Waals surface area contributed by atoms with Crippen LogP contribution in [0.2, 0.25) is 0 Å². The Balaban J connectivity index is 1.26. The van der Waals surface area contributed by atoms with Gasteiger partial charge in [0.25, 0.3) is 5.91 Å². The van der Waals surface area contributed by atoms with Crippen molar-refractivity contribution in [3.63, 3.8) is 0 Å². The number of hydrogen-bond acceptors (Lipinski definition) is 6. The fraction of sp³-hybridized carbons (Fsp3) is 0.364. The highest BCUT2D eigenvalue weighted by atomic mass is 19.4. The molecule has 2 aromatic rings. The van der Waals surface area contributed by atoms with Gasteiger partial charge in [-0.05, 0) is 30.3 Å². The first-order valence-electron chi connectivity index (χ1n) is 10.1. The fourth-order valence-corrected chi connectivity index (χ4v) is 3.66. The number of hydrogen-bond donors (Lipinski definition) is 2. The number of halogens is 3. The second-order valence-corrected chi connectivity index (χ2v) is 7.52. The number of alkyl halides is 3. The first-order chi connectivity index (χ1) is 15.8. The van der Waals surface area contributed by atoms with Crippen LogP contribution in [0.1, 0.15) is 5.56 Å². The predicted octanol–water partition coefficient (Wildman–Crippen LogP) is 2.98. The summed E-state index contributed by atoms with van der Waals surface area (Å²) < 4.78 is 60.5. The standard InChI is InChI=1S/C22H21F3N2O6/c23-22(24,25)13-5-4-6-14(9-13)26-21(29)33-17-11-32-19-16(10-31-20(17)19)27-18(28)12-30-15-7-2-1-3-8-15/h1-9,16-17,19-20H,10-12H2,(H,26,29)(H,27,28). The lowest BCUT2D eigenvalue weighted by atomic mass is 10.1. The van der Waals surface area contributed by atoms with Crippen LogP contribution < -0.4 is 15.4 Å². The molecule has 8 nitrogen and oxygen atoms in total. The van der Waals surface area contributed by atoms with Crippen LogP contribution in [0, 0.1) is 0 Å². The lowest BCUT2D eigenvalue weighted by molar-refractivity contribution is -0.137. The summed E-state index contributed by atoms with van der Waals surface area (Å²) in [6.45, 7) is -0.00300. The summed E-state index contributed by atoms with van der Waals surface area (Å²) in [5.74, 6) is 0.203. The lowest BCUT2D eigenvalue weighted by Gasteiger charge is -2.18. The Kier molecular flexibility index (Phi) is 6.70. The Morgan fingerprint density at radius 1 is 1.00 bits per heavy atom. The second-order valence-electron chi connectivity index (χ2n) is 7.52. The Labute approximate surface area is 186 Å². The molecule has 4 unspecified atom stereocenters. The number of amides is 2. The molecule has 0 bridgehead atoms. The van der Waals surface area contributed by atoms with Gasteiger partial charge in [0.1, 0.15) is 18.0 Å². The molecule has 4 atom stereocenters. The van der Waals surface area contributed by atoms with E-state index in [2.05, 4.69) is 10.6 Å². The Bertz CT molecular complexity index is 988. The van der Waals surface area contributed by atoms with E-state index in [9.17, 15) is 22.8 Å². The zero-order chi connectivity index (χ0) is 23.4. The first-order valence-corrected chi connectivity index (χ1v) is 10.1. The zero-order valence-corrected chi connectivity index (χ0v) is 17.2. The van der Waals surface area contributed by atoms with Gasteiger partial charge in [0.2, 0.25) is 0 Å². The van der Waals surface area contributed by atoms with Gasteiger partial charge in [0, 0.05) is 5.69 Å². The lowest BCUT2D eigenvalue weighted by Crippen LogP contribution is -2.46. The van der Waals surface area contributed by atoms with Gasteiger partial charge in [0.05, 0.1) is 24.8 Å². The molecule has 2 heterocycles. The molecule has 0 radical (unpaired) electrons. The minimum absolute atomic E-state index is 0.0260. The van der Waals surface area contributed by atoms with E-state index in [4.69, 9.17) is 18.9 Å². The maximum Gasteiger partial charge on any atom is 0.416 e. The fourth-order valence-electron chi connectivity index (χ4n) is 3.66. The molecular formula is C22H21F3N2O6. The summed E-state index contributed by atoms with van der Waals surface area (Å²) in [6.07, 6.45) is -7.38. The van der Waals surface area contributed by atoms with Crippen molar-refractivity contribution in [2.75, 3.05) is 25.1 Å². The molecule has 4 rings (SSSR count). The van der Waals surface area contributed by atoms with Gasteiger partial charge >= 0.3 is 12.3 Å². The highest BCUT2D eigenvalue weighted by Crippen LogP contribution is 2.31. The van der Waals surface area contributed by atoms with Crippen molar-refractivity contribution in [1.29, 1.82) is 0 Å². The van der Waals surface area contributed by atoms with Crippen molar-refractivity contribution >= 4 is 17.7 Å². The maximum atomic E-state index is 12.8. The number of ether oxygens (including phenoxy) is 4. The van der Waals surface area contributed by atoms with Crippen LogP contribution in [-0.2, 0) is 25.2 Å². The molecule has 2 aliphatic heterocycles. The molecule has 0 aliphatic carbocycles. The minimum atomic E-state index is -4.53. The topological polar surface area (TPSA) is 95.1 Å². The highest BCUT2D eigenvalue weighted by Gasteiger charge is 2.50.